The van der Waals surface area contributed by atoms with Gasteiger partial charge in [-0.1, -0.05) is 36.4 Å². The standard InChI is InChI=1S/C27H35N5O4/c1-30(15-16-31-13-10-28-11-14-31)26(35)21-7-8-22-19-32(12-9-20-5-3-2-4-6-20)27(36)24(18-25(33)34)29-23(22)17-21/h2-8,17,24,28-29H,9-16,18-19H2,1H3,(H,33,34). The van der Waals surface area contributed by atoms with Gasteiger partial charge in [0.15, 0.2) is 0 Å². The van der Waals surface area contributed by atoms with Crippen molar-refractivity contribution in [1.82, 2.24) is 20.0 Å². The van der Waals surface area contributed by atoms with Gasteiger partial charge in [0.25, 0.3) is 5.91 Å². The second-order valence-corrected chi connectivity index (χ2v) is 9.48. The average molecular weight is 494 g/mol. The van der Waals surface area contributed by atoms with Crippen molar-refractivity contribution < 1.29 is 19.5 Å². The van der Waals surface area contributed by atoms with E-state index in [-0.39, 0.29) is 18.2 Å². The molecule has 1 atom stereocenters. The first-order valence-corrected chi connectivity index (χ1v) is 12.5. The van der Waals surface area contributed by atoms with E-state index in [1.54, 1.807) is 29.0 Å². The van der Waals surface area contributed by atoms with Gasteiger partial charge >= 0.3 is 5.97 Å². The molecule has 2 aliphatic rings. The molecule has 9 nitrogen and oxygen atoms in total. The smallest absolute Gasteiger partial charge is 0.305 e. The Morgan fingerprint density at radius 1 is 1.08 bits per heavy atom. The second kappa shape index (κ2) is 12.0. The average Bonchev–Trinajstić information content (AvgIpc) is 3.02. The molecule has 0 aliphatic carbocycles. The molecule has 192 valence electrons. The maximum atomic E-state index is 13.2. The lowest BCUT2D eigenvalue weighted by molar-refractivity contribution is -0.141. The number of carbonyl (C=O) groups is 3. The first-order chi connectivity index (χ1) is 17.4. The first kappa shape index (κ1) is 25.7. The van der Waals surface area contributed by atoms with Crippen LogP contribution >= 0.6 is 0 Å². The molecular weight excluding hydrogens is 458 g/mol. The number of carboxylic acid groups (broad SMARTS) is 1. The molecule has 2 heterocycles. The van der Waals surface area contributed by atoms with Crippen LogP contribution in [0.1, 0.15) is 27.9 Å². The number of benzene rings is 2. The minimum atomic E-state index is -1.05. The molecule has 0 spiro atoms. The van der Waals surface area contributed by atoms with Crippen LogP contribution in [0, 0.1) is 0 Å². The molecule has 1 fully saturated rings. The molecule has 2 aliphatic heterocycles. The van der Waals surface area contributed by atoms with Gasteiger partial charge in [-0.2, -0.15) is 0 Å². The van der Waals surface area contributed by atoms with Crippen LogP contribution in [0.5, 0.6) is 0 Å². The van der Waals surface area contributed by atoms with Gasteiger partial charge in [0.2, 0.25) is 5.91 Å². The van der Waals surface area contributed by atoms with Crippen molar-refractivity contribution in [2.75, 3.05) is 58.2 Å². The number of nitrogens with zero attached hydrogens (tertiary/aromatic N) is 3. The summed E-state index contributed by atoms with van der Waals surface area (Å²) in [5, 5.41) is 15.9. The zero-order valence-electron chi connectivity index (χ0n) is 20.8. The molecule has 36 heavy (non-hydrogen) atoms. The van der Waals surface area contributed by atoms with Gasteiger partial charge in [0, 0.05) is 70.7 Å². The quantitative estimate of drug-likeness (QED) is 0.486. The topological polar surface area (TPSA) is 105 Å². The van der Waals surface area contributed by atoms with Gasteiger partial charge in [-0.3, -0.25) is 19.3 Å². The van der Waals surface area contributed by atoms with E-state index in [2.05, 4.69) is 15.5 Å². The molecule has 4 rings (SSSR count). The molecule has 2 amide bonds. The van der Waals surface area contributed by atoms with E-state index in [1.165, 1.54) is 0 Å². The van der Waals surface area contributed by atoms with E-state index in [1.807, 2.05) is 36.4 Å². The molecule has 1 unspecified atom stereocenters. The summed E-state index contributed by atoms with van der Waals surface area (Å²) in [5.41, 5.74) is 3.13. The van der Waals surface area contributed by atoms with Crippen LogP contribution in [0.4, 0.5) is 5.69 Å². The maximum Gasteiger partial charge on any atom is 0.305 e. The van der Waals surface area contributed by atoms with Crippen LogP contribution in [0.2, 0.25) is 0 Å². The highest BCUT2D eigenvalue weighted by molar-refractivity contribution is 5.96. The van der Waals surface area contributed by atoms with Crippen LogP contribution < -0.4 is 10.6 Å². The summed E-state index contributed by atoms with van der Waals surface area (Å²) in [4.78, 5) is 43.7. The fourth-order valence-electron chi connectivity index (χ4n) is 4.69. The number of hydrogen-bond donors (Lipinski definition) is 3. The Kier molecular flexibility index (Phi) is 8.56. The fraction of sp³-hybridized carbons (Fsp3) is 0.444. The van der Waals surface area contributed by atoms with E-state index >= 15 is 0 Å². The Labute approximate surface area is 212 Å². The number of rotatable bonds is 9. The zero-order chi connectivity index (χ0) is 25.5. The lowest BCUT2D eigenvalue weighted by atomic mass is 10.1. The molecule has 0 aromatic heterocycles. The Morgan fingerprint density at radius 2 is 1.83 bits per heavy atom. The maximum absolute atomic E-state index is 13.2. The Bertz CT molecular complexity index is 1070. The zero-order valence-corrected chi connectivity index (χ0v) is 20.8. The van der Waals surface area contributed by atoms with Crippen molar-refractivity contribution in [2.24, 2.45) is 0 Å². The molecule has 3 N–H and O–H groups in total. The molecule has 9 heteroatoms. The number of nitrogens with one attached hydrogen (secondary N) is 2. The van der Waals surface area contributed by atoms with Crippen molar-refractivity contribution in [3.63, 3.8) is 0 Å². The van der Waals surface area contributed by atoms with Gasteiger partial charge in [0.1, 0.15) is 6.04 Å². The lowest BCUT2D eigenvalue weighted by Gasteiger charge is -2.29. The fourth-order valence-corrected chi connectivity index (χ4v) is 4.69. The summed E-state index contributed by atoms with van der Waals surface area (Å²) in [6.07, 6.45) is 0.346. The minimum absolute atomic E-state index is 0.0963. The van der Waals surface area contributed by atoms with Gasteiger partial charge < -0.3 is 25.5 Å². The van der Waals surface area contributed by atoms with Crippen molar-refractivity contribution in [2.45, 2.75) is 25.4 Å². The summed E-state index contributed by atoms with van der Waals surface area (Å²) in [7, 11) is 1.80. The SMILES string of the molecule is CN(CCN1CCNCC1)C(=O)c1ccc2c(c1)NC(CC(=O)O)C(=O)N(CCc1ccccc1)C2. The largest absolute Gasteiger partial charge is 0.481 e. The van der Waals surface area contributed by atoms with Crippen LogP contribution in [-0.2, 0) is 22.6 Å². The summed E-state index contributed by atoms with van der Waals surface area (Å²) >= 11 is 0. The Morgan fingerprint density at radius 3 is 2.56 bits per heavy atom. The van der Waals surface area contributed by atoms with Gasteiger partial charge in [-0.25, -0.2) is 0 Å². The van der Waals surface area contributed by atoms with Gasteiger partial charge in [0.05, 0.1) is 6.42 Å². The third kappa shape index (κ3) is 6.61. The molecular formula is C27H35N5O4. The highest BCUT2D eigenvalue weighted by Crippen LogP contribution is 2.26. The number of aliphatic carboxylic acids is 1. The number of hydrogen-bond acceptors (Lipinski definition) is 6. The van der Waals surface area contributed by atoms with Crippen molar-refractivity contribution in [3.05, 3.63) is 65.2 Å². The lowest BCUT2D eigenvalue weighted by Crippen LogP contribution is -2.46. The third-order valence-electron chi connectivity index (χ3n) is 6.86. The van der Waals surface area contributed by atoms with Crippen molar-refractivity contribution in [3.8, 4) is 0 Å². The van der Waals surface area contributed by atoms with E-state index in [4.69, 9.17) is 0 Å². The van der Waals surface area contributed by atoms with Gasteiger partial charge in [-0.05, 0) is 29.7 Å². The number of amides is 2. The summed E-state index contributed by atoms with van der Waals surface area (Å²) in [6.45, 7) is 6.16. The molecule has 0 radical (unpaired) electrons. The minimum Gasteiger partial charge on any atom is -0.481 e. The number of anilines is 1. The number of carbonyl (C=O) groups excluding carboxylic acids is 2. The van der Waals surface area contributed by atoms with E-state index in [9.17, 15) is 19.5 Å². The Balaban J connectivity index is 1.48. The highest BCUT2D eigenvalue weighted by atomic mass is 16.4. The summed E-state index contributed by atoms with van der Waals surface area (Å²) in [5.74, 6) is -1.39. The van der Waals surface area contributed by atoms with Crippen LogP contribution in [0.3, 0.4) is 0 Å². The summed E-state index contributed by atoms with van der Waals surface area (Å²) < 4.78 is 0. The van der Waals surface area contributed by atoms with Crippen molar-refractivity contribution >= 4 is 23.5 Å². The van der Waals surface area contributed by atoms with E-state index in [0.29, 0.717) is 37.3 Å². The molecule has 0 saturated carbocycles. The predicted molar refractivity (Wildman–Crippen MR) is 138 cm³/mol. The van der Waals surface area contributed by atoms with Gasteiger partial charge in [-0.15, -0.1) is 0 Å². The predicted octanol–water partition coefficient (Wildman–Crippen LogP) is 1.50. The monoisotopic (exact) mass is 493 g/mol. The van der Waals surface area contributed by atoms with Crippen LogP contribution in [0.15, 0.2) is 48.5 Å². The number of piperazine rings is 1. The van der Waals surface area contributed by atoms with Crippen LogP contribution in [-0.4, -0.2) is 96.5 Å². The Hall–Kier alpha value is -3.43. The number of carboxylic acids is 1. The van der Waals surface area contributed by atoms with Crippen molar-refractivity contribution in [1.29, 1.82) is 0 Å². The summed E-state index contributed by atoms with van der Waals surface area (Å²) in [6, 6.07) is 14.4. The van der Waals surface area contributed by atoms with Crippen LogP contribution in [0.25, 0.3) is 0 Å². The number of likely N-dealkylation sites (N-methyl/N-ethyl adjacent to an activating group) is 1. The second-order valence-electron chi connectivity index (χ2n) is 9.48. The van der Waals surface area contributed by atoms with E-state index < -0.39 is 12.0 Å². The molecule has 2 aromatic carbocycles. The molecule has 1 saturated heterocycles. The third-order valence-corrected chi connectivity index (χ3v) is 6.86. The number of fused-ring (bicyclic) bond motifs is 1. The normalized spacial score (nSPS) is 18.2. The van der Waals surface area contributed by atoms with E-state index in [0.717, 1.165) is 43.9 Å². The first-order valence-electron chi connectivity index (χ1n) is 12.5. The molecule has 0 bridgehead atoms. The molecule has 2 aromatic rings. The highest BCUT2D eigenvalue weighted by Gasteiger charge is 2.31.